The van der Waals surface area contributed by atoms with E-state index in [1.54, 1.807) is 6.07 Å². The van der Waals surface area contributed by atoms with Crippen molar-refractivity contribution in [2.75, 3.05) is 7.11 Å². The van der Waals surface area contributed by atoms with E-state index in [2.05, 4.69) is 10.1 Å². The molecule has 0 heterocycles. The first-order chi connectivity index (χ1) is 11.9. The first-order valence-corrected chi connectivity index (χ1v) is 7.45. The van der Waals surface area contributed by atoms with Crippen LogP contribution in [0, 0.1) is 17.5 Å². The molecular formula is C18H16F3NO3. The summed E-state index contributed by atoms with van der Waals surface area (Å²) in [7, 11) is 1.15. The van der Waals surface area contributed by atoms with Gasteiger partial charge in [-0.15, -0.1) is 0 Å². The Hall–Kier alpha value is -2.83. The third-order valence-corrected chi connectivity index (χ3v) is 3.55. The summed E-state index contributed by atoms with van der Waals surface area (Å²) in [6, 6.07) is 7.83. The molecule has 1 N–H and O–H groups in total. The molecule has 0 aromatic heterocycles. The maximum Gasteiger partial charge on any atom is 0.328 e. The molecule has 2 aromatic rings. The van der Waals surface area contributed by atoms with E-state index in [1.807, 2.05) is 0 Å². The highest BCUT2D eigenvalue weighted by atomic mass is 19.2. The number of carbonyl (C=O) groups excluding carboxylic acids is 2. The Balaban J connectivity index is 2.08. The smallest absolute Gasteiger partial charge is 0.328 e. The molecule has 0 aliphatic carbocycles. The van der Waals surface area contributed by atoms with Gasteiger partial charge in [-0.05, 0) is 29.3 Å². The quantitative estimate of drug-likeness (QED) is 0.814. The van der Waals surface area contributed by atoms with Gasteiger partial charge in [0.25, 0.3) is 0 Å². The van der Waals surface area contributed by atoms with Crippen molar-refractivity contribution in [3.05, 3.63) is 71.0 Å². The summed E-state index contributed by atoms with van der Waals surface area (Å²) in [6.45, 7) is 0. The molecule has 1 atom stereocenters. The molecule has 0 spiro atoms. The number of amides is 1. The Kier molecular flexibility index (Phi) is 6.16. The molecule has 0 aliphatic rings. The fraction of sp³-hybridized carbons (Fsp3) is 0.222. The summed E-state index contributed by atoms with van der Waals surface area (Å²) in [5.74, 6) is -3.93. The fourth-order valence-electron chi connectivity index (χ4n) is 2.30. The Bertz CT molecular complexity index is 780. The van der Waals surface area contributed by atoms with Gasteiger partial charge in [-0.3, -0.25) is 4.79 Å². The molecule has 0 saturated heterocycles. The molecule has 132 valence electrons. The number of nitrogens with one attached hydrogen (secondary N) is 1. The van der Waals surface area contributed by atoms with Crippen LogP contribution >= 0.6 is 0 Å². The molecule has 0 unspecified atom stereocenters. The highest BCUT2D eigenvalue weighted by Crippen LogP contribution is 2.12. The lowest BCUT2D eigenvalue weighted by Gasteiger charge is -2.17. The Labute approximate surface area is 142 Å². The van der Waals surface area contributed by atoms with Crippen molar-refractivity contribution in [2.45, 2.75) is 18.9 Å². The predicted molar refractivity (Wildman–Crippen MR) is 84.1 cm³/mol. The largest absolute Gasteiger partial charge is 0.467 e. The van der Waals surface area contributed by atoms with Crippen LogP contribution in [0.25, 0.3) is 0 Å². The van der Waals surface area contributed by atoms with Crippen LogP contribution in [0.3, 0.4) is 0 Å². The van der Waals surface area contributed by atoms with Crippen molar-refractivity contribution < 1.29 is 27.5 Å². The summed E-state index contributed by atoms with van der Waals surface area (Å²) in [5.41, 5.74) is 0.483. The third kappa shape index (κ3) is 5.07. The van der Waals surface area contributed by atoms with Crippen LogP contribution in [-0.2, 0) is 27.2 Å². The van der Waals surface area contributed by atoms with E-state index >= 15 is 0 Å². The Morgan fingerprint density at radius 1 is 1.04 bits per heavy atom. The van der Waals surface area contributed by atoms with Gasteiger partial charge < -0.3 is 10.1 Å². The van der Waals surface area contributed by atoms with Crippen molar-refractivity contribution >= 4 is 11.9 Å². The normalized spacial score (nSPS) is 11.7. The summed E-state index contributed by atoms with van der Waals surface area (Å²) in [4.78, 5) is 23.9. The highest BCUT2D eigenvalue weighted by molar-refractivity contribution is 5.85. The van der Waals surface area contributed by atoms with Crippen molar-refractivity contribution in [1.29, 1.82) is 0 Å². The van der Waals surface area contributed by atoms with Crippen molar-refractivity contribution in [1.82, 2.24) is 5.32 Å². The van der Waals surface area contributed by atoms with Gasteiger partial charge in [0.2, 0.25) is 5.91 Å². The number of halogens is 3. The molecule has 0 aliphatic heterocycles. The van der Waals surface area contributed by atoms with Crippen LogP contribution in [0.4, 0.5) is 13.2 Å². The highest BCUT2D eigenvalue weighted by Gasteiger charge is 2.23. The van der Waals surface area contributed by atoms with E-state index in [9.17, 15) is 22.8 Å². The molecule has 4 nitrogen and oxygen atoms in total. The molecule has 2 aromatic carbocycles. The molecule has 0 fully saturated rings. The Morgan fingerprint density at radius 2 is 1.76 bits per heavy atom. The molecule has 0 bridgehead atoms. The van der Waals surface area contributed by atoms with Crippen LogP contribution in [-0.4, -0.2) is 25.0 Å². The maximum atomic E-state index is 13.7. The van der Waals surface area contributed by atoms with Crippen LogP contribution in [0.1, 0.15) is 11.1 Å². The van der Waals surface area contributed by atoms with E-state index in [0.717, 1.165) is 19.2 Å². The average Bonchev–Trinajstić information content (AvgIpc) is 2.58. The average molecular weight is 351 g/mol. The van der Waals surface area contributed by atoms with Gasteiger partial charge in [-0.2, -0.15) is 0 Å². The fourth-order valence-corrected chi connectivity index (χ4v) is 2.30. The monoisotopic (exact) mass is 351 g/mol. The van der Waals surface area contributed by atoms with E-state index < -0.39 is 35.4 Å². The second-order valence-corrected chi connectivity index (χ2v) is 5.36. The van der Waals surface area contributed by atoms with E-state index in [-0.39, 0.29) is 24.0 Å². The number of carbonyl (C=O) groups is 2. The number of rotatable bonds is 6. The number of hydrogen-bond donors (Lipinski definition) is 1. The summed E-state index contributed by atoms with van der Waals surface area (Å²) >= 11 is 0. The van der Waals surface area contributed by atoms with Crippen molar-refractivity contribution in [3.63, 3.8) is 0 Å². The number of esters is 1. The molecular weight excluding hydrogens is 335 g/mol. The van der Waals surface area contributed by atoms with E-state index in [1.165, 1.54) is 24.3 Å². The maximum absolute atomic E-state index is 13.7. The van der Waals surface area contributed by atoms with Gasteiger partial charge >= 0.3 is 5.97 Å². The summed E-state index contributed by atoms with van der Waals surface area (Å²) in [5, 5.41) is 2.43. The Morgan fingerprint density at radius 3 is 2.40 bits per heavy atom. The number of ether oxygens (including phenoxy) is 1. The SMILES string of the molecule is COC(=O)[C@H](Cc1ccccc1F)NC(=O)Cc1ccc(F)c(F)c1. The number of methoxy groups -OCH3 is 1. The van der Waals surface area contributed by atoms with Gasteiger partial charge in [-0.25, -0.2) is 18.0 Å². The lowest BCUT2D eigenvalue weighted by atomic mass is 10.0. The van der Waals surface area contributed by atoms with Gasteiger partial charge in [0, 0.05) is 6.42 Å². The number of hydrogen-bond acceptors (Lipinski definition) is 3. The zero-order valence-electron chi connectivity index (χ0n) is 13.4. The van der Waals surface area contributed by atoms with Crippen molar-refractivity contribution in [2.24, 2.45) is 0 Å². The van der Waals surface area contributed by atoms with Gasteiger partial charge in [0.05, 0.1) is 13.5 Å². The minimum absolute atomic E-state index is 0.0944. The topological polar surface area (TPSA) is 55.4 Å². The van der Waals surface area contributed by atoms with Gasteiger partial charge in [0.1, 0.15) is 11.9 Å². The van der Waals surface area contributed by atoms with Crippen LogP contribution in [0.15, 0.2) is 42.5 Å². The van der Waals surface area contributed by atoms with Crippen molar-refractivity contribution in [3.8, 4) is 0 Å². The molecule has 0 radical (unpaired) electrons. The lowest BCUT2D eigenvalue weighted by molar-refractivity contribution is -0.145. The van der Waals surface area contributed by atoms with Gasteiger partial charge in [-0.1, -0.05) is 24.3 Å². The predicted octanol–water partition coefficient (Wildman–Crippen LogP) is 2.55. The van der Waals surface area contributed by atoms with Crippen LogP contribution < -0.4 is 5.32 Å². The first-order valence-electron chi connectivity index (χ1n) is 7.45. The first kappa shape index (κ1) is 18.5. The summed E-state index contributed by atoms with van der Waals surface area (Å²) in [6.07, 6.45) is -0.356. The third-order valence-electron chi connectivity index (χ3n) is 3.55. The molecule has 0 saturated carbocycles. The summed E-state index contributed by atoms with van der Waals surface area (Å²) < 4.78 is 44.5. The van der Waals surface area contributed by atoms with Crippen LogP contribution in [0.5, 0.6) is 0 Å². The molecule has 1 amide bonds. The lowest BCUT2D eigenvalue weighted by Crippen LogP contribution is -2.43. The minimum atomic E-state index is -1.10. The number of benzene rings is 2. The standard InChI is InChI=1S/C18H16F3NO3/c1-25-18(24)16(10-12-4-2-3-5-13(12)19)22-17(23)9-11-6-7-14(20)15(21)8-11/h2-8,16H,9-10H2,1H3,(H,22,23)/t16-/m0/s1. The molecule has 7 heteroatoms. The minimum Gasteiger partial charge on any atom is -0.467 e. The second-order valence-electron chi connectivity index (χ2n) is 5.36. The molecule has 2 rings (SSSR count). The zero-order valence-corrected chi connectivity index (χ0v) is 13.4. The molecule has 25 heavy (non-hydrogen) atoms. The zero-order chi connectivity index (χ0) is 18.4. The van der Waals surface area contributed by atoms with E-state index in [4.69, 9.17) is 0 Å². The van der Waals surface area contributed by atoms with E-state index in [0.29, 0.717) is 0 Å². The van der Waals surface area contributed by atoms with Gasteiger partial charge in [0.15, 0.2) is 11.6 Å². The van der Waals surface area contributed by atoms with Crippen LogP contribution in [0.2, 0.25) is 0 Å². The second kappa shape index (κ2) is 8.32.